The molecule has 0 bridgehead atoms. The fraction of sp³-hybridized carbons (Fsp3) is 0.583. The first-order valence-corrected chi connectivity index (χ1v) is 6.70. The van der Waals surface area contributed by atoms with Gasteiger partial charge in [-0.2, -0.15) is 13.2 Å². The van der Waals surface area contributed by atoms with Crippen LogP contribution in [0.5, 0.6) is 6.01 Å². The van der Waals surface area contributed by atoms with E-state index in [4.69, 9.17) is 16.3 Å². The summed E-state index contributed by atoms with van der Waals surface area (Å²) in [7, 11) is 0. The van der Waals surface area contributed by atoms with Crippen LogP contribution in [0.2, 0.25) is 5.02 Å². The van der Waals surface area contributed by atoms with E-state index in [9.17, 15) is 18.0 Å². The molecule has 0 unspecified atom stereocenters. The maximum atomic E-state index is 12.2. The number of hydrogen-bond acceptors (Lipinski definition) is 4. The van der Waals surface area contributed by atoms with Crippen LogP contribution in [0.1, 0.15) is 19.3 Å². The largest absolute Gasteiger partial charge is 0.458 e. The highest BCUT2D eigenvalue weighted by molar-refractivity contribution is 6.30. The Balaban J connectivity index is 1.91. The normalized spacial score (nSPS) is 19.4. The highest BCUT2D eigenvalue weighted by Gasteiger charge is 2.35. The molecule has 1 atom stereocenters. The minimum absolute atomic E-state index is 0.0921. The number of piperidine rings is 1. The molecule has 0 saturated carbocycles. The highest BCUT2D eigenvalue weighted by Crippen LogP contribution is 2.23. The van der Waals surface area contributed by atoms with Crippen molar-refractivity contribution in [1.82, 2.24) is 14.9 Å². The van der Waals surface area contributed by atoms with Gasteiger partial charge in [-0.25, -0.2) is 9.97 Å². The summed E-state index contributed by atoms with van der Waals surface area (Å²) in [6.07, 6.45) is -2.44. The number of amides is 1. The SMILES string of the molecule is O=C(CC(F)(F)F)N1CCC[C@H](Oc2ncc(Cl)cn2)C1. The quantitative estimate of drug-likeness (QED) is 0.857. The number of carbonyl (C=O) groups is 1. The van der Waals surface area contributed by atoms with Gasteiger partial charge in [0.1, 0.15) is 12.5 Å². The van der Waals surface area contributed by atoms with Crippen LogP contribution in [-0.2, 0) is 4.79 Å². The first-order valence-electron chi connectivity index (χ1n) is 6.32. The molecule has 1 saturated heterocycles. The van der Waals surface area contributed by atoms with Gasteiger partial charge in [0.25, 0.3) is 0 Å². The van der Waals surface area contributed by atoms with Crippen molar-refractivity contribution in [2.45, 2.75) is 31.5 Å². The second-order valence-electron chi connectivity index (χ2n) is 4.70. The van der Waals surface area contributed by atoms with Crippen LogP contribution in [0, 0.1) is 0 Å². The molecule has 0 spiro atoms. The molecule has 0 radical (unpaired) electrons. The summed E-state index contributed by atoms with van der Waals surface area (Å²) >= 11 is 5.64. The Morgan fingerprint density at radius 2 is 2.10 bits per heavy atom. The van der Waals surface area contributed by atoms with Crippen molar-refractivity contribution in [3.63, 3.8) is 0 Å². The van der Waals surface area contributed by atoms with Crippen molar-refractivity contribution in [2.75, 3.05) is 13.1 Å². The Morgan fingerprint density at radius 1 is 1.43 bits per heavy atom. The van der Waals surface area contributed by atoms with Crippen LogP contribution in [0.3, 0.4) is 0 Å². The lowest BCUT2D eigenvalue weighted by molar-refractivity contribution is -0.163. The van der Waals surface area contributed by atoms with Crippen LogP contribution in [0.15, 0.2) is 12.4 Å². The highest BCUT2D eigenvalue weighted by atomic mass is 35.5. The van der Waals surface area contributed by atoms with E-state index in [2.05, 4.69) is 9.97 Å². The molecule has 1 aliphatic heterocycles. The molecule has 1 amide bonds. The summed E-state index contributed by atoms with van der Waals surface area (Å²) in [5, 5.41) is 0.355. The Kier molecular flexibility index (Phi) is 4.87. The van der Waals surface area contributed by atoms with Crippen LogP contribution in [-0.4, -0.2) is 46.1 Å². The van der Waals surface area contributed by atoms with E-state index in [-0.39, 0.29) is 12.6 Å². The summed E-state index contributed by atoms with van der Waals surface area (Å²) < 4.78 is 42.2. The zero-order chi connectivity index (χ0) is 15.5. The molecule has 1 aromatic rings. The second kappa shape index (κ2) is 6.46. The molecule has 0 aromatic carbocycles. The van der Waals surface area contributed by atoms with Gasteiger partial charge in [0, 0.05) is 6.54 Å². The lowest BCUT2D eigenvalue weighted by Crippen LogP contribution is -2.45. The third-order valence-electron chi connectivity index (χ3n) is 2.95. The first kappa shape index (κ1) is 15.8. The van der Waals surface area contributed by atoms with Crippen molar-refractivity contribution in [3.05, 3.63) is 17.4 Å². The monoisotopic (exact) mass is 323 g/mol. The van der Waals surface area contributed by atoms with Crippen molar-refractivity contribution in [2.24, 2.45) is 0 Å². The lowest BCUT2D eigenvalue weighted by atomic mass is 10.1. The molecule has 21 heavy (non-hydrogen) atoms. The van der Waals surface area contributed by atoms with Crippen molar-refractivity contribution in [3.8, 4) is 6.01 Å². The first-order chi connectivity index (χ1) is 9.83. The lowest BCUT2D eigenvalue weighted by Gasteiger charge is -2.32. The maximum absolute atomic E-state index is 12.2. The Hall–Kier alpha value is -1.57. The molecule has 1 aliphatic rings. The van der Waals surface area contributed by atoms with Gasteiger partial charge in [0.15, 0.2) is 0 Å². The Bertz CT molecular complexity index is 496. The zero-order valence-corrected chi connectivity index (χ0v) is 11.7. The molecule has 0 aliphatic carbocycles. The summed E-state index contributed by atoms with van der Waals surface area (Å²) in [5.41, 5.74) is 0. The smallest absolute Gasteiger partial charge is 0.397 e. The van der Waals surface area contributed by atoms with Crippen molar-refractivity contribution >= 4 is 17.5 Å². The maximum Gasteiger partial charge on any atom is 0.397 e. The fourth-order valence-electron chi connectivity index (χ4n) is 2.05. The molecule has 0 N–H and O–H groups in total. The minimum Gasteiger partial charge on any atom is -0.458 e. The van der Waals surface area contributed by atoms with Crippen LogP contribution < -0.4 is 4.74 Å². The molecule has 2 heterocycles. The summed E-state index contributed by atoms with van der Waals surface area (Å²) in [6, 6.07) is 0.0921. The van der Waals surface area contributed by atoms with Gasteiger partial charge in [0.05, 0.1) is 24.0 Å². The molecule has 1 fully saturated rings. The van der Waals surface area contributed by atoms with E-state index in [1.165, 1.54) is 12.4 Å². The zero-order valence-electron chi connectivity index (χ0n) is 10.9. The molecular weight excluding hydrogens is 311 g/mol. The van der Waals surface area contributed by atoms with E-state index in [0.29, 0.717) is 24.4 Å². The molecular formula is C12H13ClF3N3O2. The number of hydrogen-bond donors (Lipinski definition) is 0. The Labute approximate surface area is 124 Å². The van der Waals surface area contributed by atoms with E-state index < -0.39 is 24.6 Å². The predicted octanol–water partition coefficient (Wildman–Crippen LogP) is 2.45. The number of rotatable bonds is 3. The summed E-state index contributed by atoms with van der Waals surface area (Å²) in [6.45, 7) is 0.400. The van der Waals surface area contributed by atoms with Gasteiger partial charge < -0.3 is 9.64 Å². The number of carbonyl (C=O) groups excluding carboxylic acids is 1. The fourth-order valence-corrected chi connectivity index (χ4v) is 2.15. The van der Waals surface area contributed by atoms with Gasteiger partial charge in [0.2, 0.25) is 5.91 Å². The van der Waals surface area contributed by atoms with Gasteiger partial charge in [-0.05, 0) is 12.8 Å². The molecule has 116 valence electrons. The van der Waals surface area contributed by atoms with E-state index in [1.807, 2.05) is 0 Å². The molecule has 1 aromatic heterocycles. The van der Waals surface area contributed by atoms with Gasteiger partial charge in [-0.3, -0.25) is 4.79 Å². The number of halogens is 4. The van der Waals surface area contributed by atoms with Gasteiger partial charge >= 0.3 is 12.2 Å². The Morgan fingerprint density at radius 3 is 2.71 bits per heavy atom. The van der Waals surface area contributed by atoms with Crippen LogP contribution >= 0.6 is 11.6 Å². The van der Waals surface area contributed by atoms with Crippen LogP contribution in [0.4, 0.5) is 13.2 Å². The average molecular weight is 324 g/mol. The second-order valence-corrected chi connectivity index (χ2v) is 5.13. The number of likely N-dealkylation sites (tertiary alicyclic amines) is 1. The number of alkyl halides is 3. The standard InChI is InChI=1S/C12H13ClF3N3O2/c13-8-5-17-11(18-6-8)21-9-2-1-3-19(7-9)10(20)4-12(14,15)16/h5-6,9H,1-4,7H2/t9-/m0/s1. The minimum atomic E-state index is -4.50. The third kappa shape index (κ3) is 5.04. The van der Waals surface area contributed by atoms with E-state index in [1.54, 1.807) is 0 Å². The summed E-state index contributed by atoms with van der Waals surface area (Å²) in [5.74, 6) is -0.937. The topological polar surface area (TPSA) is 55.3 Å². The van der Waals surface area contributed by atoms with E-state index in [0.717, 1.165) is 4.90 Å². The average Bonchev–Trinajstić information content (AvgIpc) is 2.40. The molecule has 2 rings (SSSR count). The number of nitrogens with zero attached hydrogens (tertiary/aromatic N) is 3. The number of aromatic nitrogens is 2. The van der Waals surface area contributed by atoms with Crippen LogP contribution in [0.25, 0.3) is 0 Å². The van der Waals surface area contributed by atoms with Crippen molar-refractivity contribution in [1.29, 1.82) is 0 Å². The molecule has 5 nitrogen and oxygen atoms in total. The van der Waals surface area contributed by atoms with Gasteiger partial charge in [-0.15, -0.1) is 0 Å². The van der Waals surface area contributed by atoms with Crippen molar-refractivity contribution < 1.29 is 22.7 Å². The predicted molar refractivity (Wildman–Crippen MR) is 67.9 cm³/mol. The van der Waals surface area contributed by atoms with Gasteiger partial charge in [-0.1, -0.05) is 11.6 Å². The number of ether oxygens (including phenoxy) is 1. The molecule has 9 heteroatoms. The third-order valence-corrected chi connectivity index (χ3v) is 3.15. The summed E-state index contributed by atoms with van der Waals surface area (Å²) in [4.78, 5) is 20.4. The van der Waals surface area contributed by atoms with E-state index >= 15 is 0 Å².